The summed E-state index contributed by atoms with van der Waals surface area (Å²) in [6.07, 6.45) is 1.25. The van der Waals surface area contributed by atoms with E-state index in [1.807, 2.05) is 41.9 Å². The number of nitrogens with one attached hydrogen (secondary N) is 1. The highest BCUT2D eigenvalue weighted by Crippen LogP contribution is 2.22. The Balaban J connectivity index is 1.47. The van der Waals surface area contributed by atoms with Gasteiger partial charge in [-0.3, -0.25) is 14.5 Å². The number of aryl methyl sites for hydroxylation is 2. The van der Waals surface area contributed by atoms with E-state index in [0.29, 0.717) is 13.1 Å². The molecule has 2 amide bonds. The summed E-state index contributed by atoms with van der Waals surface area (Å²) >= 11 is 0. The number of methoxy groups -OCH3 is 1. The highest BCUT2D eigenvalue weighted by atomic mass is 16.5. The maximum absolute atomic E-state index is 12.5. The lowest BCUT2D eigenvalue weighted by Crippen LogP contribution is -2.38. The average Bonchev–Trinajstić information content (AvgIpc) is 3.04. The molecule has 0 bridgehead atoms. The summed E-state index contributed by atoms with van der Waals surface area (Å²) in [5, 5.41) is 7.24. The molecule has 1 N–H and O–H groups in total. The Kier molecular flexibility index (Phi) is 5.55. The molecule has 1 aliphatic rings. The Bertz CT molecular complexity index is 783. The van der Waals surface area contributed by atoms with Crippen LogP contribution < -0.4 is 15.0 Å². The van der Waals surface area contributed by atoms with Gasteiger partial charge < -0.3 is 10.1 Å². The lowest BCUT2D eigenvalue weighted by atomic mass is 10.2. The number of carbonyl (C=O) groups is 2. The van der Waals surface area contributed by atoms with Crippen LogP contribution in [0, 0.1) is 6.92 Å². The summed E-state index contributed by atoms with van der Waals surface area (Å²) in [5.41, 5.74) is 1.89. The normalized spacial score (nSPS) is 13.2. The van der Waals surface area contributed by atoms with Gasteiger partial charge in [0.2, 0.25) is 11.8 Å². The van der Waals surface area contributed by atoms with Crippen molar-refractivity contribution in [3.63, 3.8) is 0 Å². The van der Waals surface area contributed by atoms with Crippen molar-refractivity contribution in [1.29, 1.82) is 0 Å². The second-order valence-electron chi connectivity index (χ2n) is 6.39. The van der Waals surface area contributed by atoms with Crippen LogP contribution in [-0.2, 0) is 22.7 Å². The Morgan fingerprint density at radius 3 is 2.69 bits per heavy atom. The molecule has 0 fully saturated rings. The molecule has 0 spiro atoms. The van der Waals surface area contributed by atoms with Crippen LogP contribution in [0.25, 0.3) is 0 Å². The molecule has 26 heavy (non-hydrogen) atoms. The first kappa shape index (κ1) is 18.0. The van der Waals surface area contributed by atoms with Gasteiger partial charge >= 0.3 is 0 Å². The predicted octanol–water partition coefficient (Wildman–Crippen LogP) is 2.03. The molecular weight excluding hydrogens is 332 g/mol. The molecule has 7 heteroatoms. The number of rotatable bonds is 6. The molecule has 1 aromatic carbocycles. The minimum absolute atomic E-state index is 0.0366. The van der Waals surface area contributed by atoms with Crippen LogP contribution in [0.3, 0.4) is 0 Å². The molecule has 0 atom stereocenters. The van der Waals surface area contributed by atoms with Crippen LogP contribution in [-0.4, -0.2) is 35.2 Å². The van der Waals surface area contributed by atoms with Crippen molar-refractivity contribution in [2.75, 3.05) is 18.6 Å². The van der Waals surface area contributed by atoms with Gasteiger partial charge in [0.1, 0.15) is 11.6 Å². The Labute approximate surface area is 152 Å². The standard InChI is InChI=1S/C19H24N4O3/c1-14-12-18-22(10-3-11-23(18)21-14)19(25)9-8-17(24)20-13-15-4-6-16(26-2)7-5-15/h4-7,12H,3,8-11,13H2,1-2H3,(H,20,24). The SMILES string of the molecule is COc1ccc(CNC(=O)CCC(=O)N2CCCn3nc(C)cc32)cc1. The van der Waals surface area contributed by atoms with Gasteiger partial charge in [-0.2, -0.15) is 5.10 Å². The molecule has 0 aliphatic carbocycles. The minimum atomic E-state index is -0.129. The molecule has 3 rings (SSSR count). The number of nitrogens with zero attached hydrogens (tertiary/aromatic N) is 3. The maximum Gasteiger partial charge on any atom is 0.228 e. The van der Waals surface area contributed by atoms with Gasteiger partial charge in [-0.25, -0.2) is 4.68 Å². The molecule has 2 heterocycles. The molecule has 0 saturated carbocycles. The van der Waals surface area contributed by atoms with Crippen molar-refractivity contribution in [2.45, 2.75) is 39.3 Å². The van der Waals surface area contributed by atoms with Gasteiger partial charge in [-0.15, -0.1) is 0 Å². The Morgan fingerprint density at radius 2 is 1.96 bits per heavy atom. The van der Waals surface area contributed by atoms with Crippen molar-refractivity contribution < 1.29 is 14.3 Å². The van der Waals surface area contributed by atoms with Gasteiger partial charge in [0.05, 0.1) is 12.8 Å². The number of carbonyl (C=O) groups excluding carboxylic acids is 2. The number of amides is 2. The number of hydrogen-bond donors (Lipinski definition) is 1. The number of fused-ring (bicyclic) bond motifs is 1. The number of aromatic nitrogens is 2. The van der Waals surface area contributed by atoms with Gasteiger partial charge in [-0.05, 0) is 31.0 Å². The third-order valence-corrected chi connectivity index (χ3v) is 4.42. The minimum Gasteiger partial charge on any atom is -0.497 e. The summed E-state index contributed by atoms with van der Waals surface area (Å²) in [5.74, 6) is 1.44. The second kappa shape index (κ2) is 8.03. The zero-order chi connectivity index (χ0) is 18.5. The Morgan fingerprint density at radius 1 is 1.19 bits per heavy atom. The van der Waals surface area contributed by atoms with Crippen LogP contribution in [0.15, 0.2) is 30.3 Å². The van der Waals surface area contributed by atoms with Crippen molar-refractivity contribution in [3.05, 3.63) is 41.6 Å². The zero-order valence-corrected chi connectivity index (χ0v) is 15.2. The first-order valence-corrected chi connectivity index (χ1v) is 8.81. The van der Waals surface area contributed by atoms with E-state index in [2.05, 4.69) is 10.4 Å². The topological polar surface area (TPSA) is 76.5 Å². The van der Waals surface area contributed by atoms with Crippen molar-refractivity contribution >= 4 is 17.6 Å². The van der Waals surface area contributed by atoms with Gasteiger partial charge in [0.15, 0.2) is 0 Å². The third kappa shape index (κ3) is 4.22. The fourth-order valence-electron chi connectivity index (χ4n) is 3.05. The van der Waals surface area contributed by atoms with Gasteiger partial charge in [-0.1, -0.05) is 12.1 Å². The molecule has 2 aromatic rings. The molecule has 0 radical (unpaired) electrons. The fraction of sp³-hybridized carbons (Fsp3) is 0.421. The summed E-state index contributed by atoms with van der Waals surface area (Å²) in [6, 6.07) is 9.43. The lowest BCUT2D eigenvalue weighted by Gasteiger charge is -2.27. The van der Waals surface area contributed by atoms with E-state index >= 15 is 0 Å². The molecule has 0 unspecified atom stereocenters. The lowest BCUT2D eigenvalue weighted by molar-refractivity contribution is -0.125. The van der Waals surface area contributed by atoms with Crippen LogP contribution in [0.2, 0.25) is 0 Å². The highest BCUT2D eigenvalue weighted by molar-refractivity contribution is 5.95. The average molecular weight is 356 g/mol. The first-order chi connectivity index (χ1) is 12.6. The molecule has 1 aliphatic heterocycles. The monoisotopic (exact) mass is 356 g/mol. The van der Waals surface area contributed by atoms with Crippen LogP contribution in [0.1, 0.15) is 30.5 Å². The van der Waals surface area contributed by atoms with Crippen LogP contribution >= 0.6 is 0 Å². The fourth-order valence-corrected chi connectivity index (χ4v) is 3.05. The van der Waals surface area contributed by atoms with Crippen molar-refractivity contribution in [2.24, 2.45) is 0 Å². The predicted molar refractivity (Wildman–Crippen MR) is 98.0 cm³/mol. The van der Waals surface area contributed by atoms with E-state index in [9.17, 15) is 9.59 Å². The van der Waals surface area contributed by atoms with Gasteiger partial charge in [0, 0.05) is 38.5 Å². The van der Waals surface area contributed by atoms with E-state index < -0.39 is 0 Å². The van der Waals surface area contributed by atoms with E-state index in [-0.39, 0.29) is 24.7 Å². The molecular formula is C19H24N4O3. The van der Waals surface area contributed by atoms with E-state index in [1.165, 1.54) is 0 Å². The van der Waals surface area contributed by atoms with E-state index in [1.54, 1.807) is 12.0 Å². The van der Waals surface area contributed by atoms with Gasteiger partial charge in [0.25, 0.3) is 0 Å². The smallest absolute Gasteiger partial charge is 0.228 e. The summed E-state index contributed by atoms with van der Waals surface area (Å²) in [6.45, 7) is 3.86. The molecule has 138 valence electrons. The van der Waals surface area contributed by atoms with Crippen molar-refractivity contribution in [1.82, 2.24) is 15.1 Å². The number of anilines is 1. The summed E-state index contributed by atoms with van der Waals surface area (Å²) < 4.78 is 6.97. The van der Waals surface area contributed by atoms with Crippen LogP contribution in [0.5, 0.6) is 5.75 Å². The molecule has 0 saturated heterocycles. The second-order valence-corrected chi connectivity index (χ2v) is 6.39. The number of benzene rings is 1. The first-order valence-electron chi connectivity index (χ1n) is 8.81. The molecule has 7 nitrogen and oxygen atoms in total. The maximum atomic E-state index is 12.5. The van der Waals surface area contributed by atoms with Crippen LogP contribution in [0.4, 0.5) is 5.82 Å². The quantitative estimate of drug-likeness (QED) is 0.859. The summed E-state index contributed by atoms with van der Waals surface area (Å²) in [4.78, 5) is 26.3. The largest absolute Gasteiger partial charge is 0.497 e. The number of hydrogen-bond acceptors (Lipinski definition) is 4. The van der Waals surface area contributed by atoms with Crippen molar-refractivity contribution in [3.8, 4) is 5.75 Å². The highest BCUT2D eigenvalue weighted by Gasteiger charge is 2.24. The third-order valence-electron chi connectivity index (χ3n) is 4.42. The molecule has 1 aromatic heterocycles. The van der Waals surface area contributed by atoms with E-state index in [0.717, 1.165) is 35.8 Å². The zero-order valence-electron chi connectivity index (χ0n) is 15.2. The Hall–Kier alpha value is -2.83. The summed E-state index contributed by atoms with van der Waals surface area (Å²) in [7, 11) is 1.62. The number of ether oxygens (including phenoxy) is 1. The van der Waals surface area contributed by atoms with E-state index in [4.69, 9.17) is 4.74 Å².